The van der Waals surface area contributed by atoms with Crippen molar-refractivity contribution in [2.24, 2.45) is 0 Å². The molecule has 0 saturated carbocycles. The van der Waals surface area contributed by atoms with Crippen LogP contribution in [-0.2, 0) is 12.8 Å². The third-order valence-electron chi connectivity index (χ3n) is 5.52. The standard InChI is InChI=1S/C25H25F3N2O/c26-25(27,28)21-12-10-20(11-13-21)24(30-16-14-29-15-17-30)22-8-4-5-9-23(22)31-18-19-6-2-1-3-7-19/h1-13,24,29H,14-18H2. The molecule has 0 aromatic heterocycles. The highest BCUT2D eigenvalue weighted by Crippen LogP contribution is 2.37. The Bertz CT molecular complexity index is 968. The summed E-state index contributed by atoms with van der Waals surface area (Å²) in [6.45, 7) is 3.71. The fourth-order valence-corrected chi connectivity index (χ4v) is 3.95. The van der Waals surface area contributed by atoms with E-state index in [1.54, 1.807) is 12.1 Å². The van der Waals surface area contributed by atoms with Crippen LogP contribution in [0.5, 0.6) is 5.75 Å². The van der Waals surface area contributed by atoms with Crippen molar-refractivity contribution in [2.45, 2.75) is 18.8 Å². The van der Waals surface area contributed by atoms with Gasteiger partial charge in [0.2, 0.25) is 0 Å². The second-order valence-corrected chi connectivity index (χ2v) is 7.62. The number of benzene rings is 3. The first-order valence-corrected chi connectivity index (χ1v) is 10.4. The van der Waals surface area contributed by atoms with Crippen LogP contribution < -0.4 is 10.1 Å². The maximum Gasteiger partial charge on any atom is 0.416 e. The number of nitrogens with one attached hydrogen (secondary N) is 1. The van der Waals surface area contributed by atoms with Gasteiger partial charge in [-0.1, -0.05) is 60.7 Å². The summed E-state index contributed by atoms with van der Waals surface area (Å²) in [5.74, 6) is 0.745. The predicted molar refractivity (Wildman–Crippen MR) is 115 cm³/mol. The number of halogens is 3. The Morgan fingerprint density at radius 3 is 2.16 bits per heavy atom. The van der Waals surface area contributed by atoms with Crippen LogP contribution in [0, 0.1) is 0 Å². The molecule has 1 atom stereocenters. The summed E-state index contributed by atoms with van der Waals surface area (Å²) in [6.07, 6.45) is -4.35. The molecule has 0 bridgehead atoms. The lowest BCUT2D eigenvalue weighted by Gasteiger charge is -2.36. The fraction of sp³-hybridized carbons (Fsp3) is 0.280. The Hall–Kier alpha value is -2.83. The molecule has 1 aliphatic heterocycles. The SMILES string of the molecule is FC(F)(F)c1ccc(C(c2ccccc2OCc2ccccc2)N2CCNCC2)cc1. The minimum absolute atomic E-state index is 0.184. The Kier molecular flexibility index (Phi) is 6.59. The summed E-state index contributed by atoms with van der Waals surface area (Å²) in [6, 6.07) is 23.0. The summed E-state index contributed by atoms with van der Waals surface area (Å²) < 4.78 is 45.4. The van der Waals surface area contributed by atoms with Crippen LogP contribution in [-0.4, -0.2) is 31.1 Å². The average Bonchev–Trinajstić information content (AvgIpc) is 2.80. The van der Waals surface area contributed by atoms with Gasteiger partial charge in [0.05, 0.1) is 11.6 Å². The van der Waals surface area contributed by atoms with E-state index in [0.717, 1.165) is 60.8 Å². The van der Waals surface area contributed by atoms with Gasteiger partial charge < -0.3 is 10.1 Å². The molecule has 3 aromatic rings. The number of para-hydroxylation sites is 1. The van der Waals surface area contributed by atoms with Crippen molar-refractivity contribution in [2.75, 3.05) is 26.2 Å². The first kappa shape index (κ1) is 21.4. The summed E-state index contributed by atoms with van der Waals surface area (Å²) in [5.41, 5.74) is 2.21. The van der Waals surface area contributed by atoms with E-state index in [1.807, 2.05) is 54.6 Å². The summed E-state index contributed by atoms with van der Waals surface area (Å²) in [7, 11) is 0. The molecule has 1 N–H and O–H groups in total. The lowest BCUT2D eigenvalue weighted by molar-refractivity contribution is -0.137. The molecular formula is C25H25F3N2O. The normalized spacial score (nSPS) is 16.1. The van der Waals surface area contributed by atoms with E-state index in [9.17, 15) is 13.2 Å². The highest BCUT2D eigenvalue weighted by Gasteiger charge is 2.31. The molecule has 0 amide bonds. The van der Waals surface area contributed by atoms with Gasteiger partial charge in [-0.3, -0.25) is 4.90 Å². The van der Waals surface area contributed by atoms with E-state index in [2.05, 4.69) is 10.2 Å². The van der Waals surface area contributed by atoms with Gasteiger partial charge in [-0.15, -0.1) is 0 Å². The number of nitrogens with zero attached hydrogens (tertiary/aromatic N) is 1. The van der Waals surface area contributed by atoms with Crippen LogP contribution in [0.25, 0.3) is 0 Å². The fourth-order valence-electron chi connectivity index (χ4n) is 3.95. The second kappa shape index (κ2) is 9.54. The molecule has 3 nitrogen and oxygen atoms in total. The van der Waals surface area contributed by atoms with E-state index >= 15 is 0 Å². The topological polar surface area (TPSA) is 24.5 Å². The highest BCUT2D eigenvalue weighted by atomic mass is 19.4. The number of piperazine rings is 1. The molecule has 3 aromatic carbocycles. The molecule has 31 heavy (non-hydrogen) atoms. The Morgan fingerprint density at radius 1 is 0.839 bits per heavy atom. The van der Waals surface area contributed by atoms with E-state index < -0.39 is 11.7 Å². The van der Waals surface area contributed by atoms with Gasteiger partial charge in [0.1, 0.15) is 12.4 Å². The first-order valence-electron chi connectivity index (χ1n) is 10.4. The number of alkyl halides is 3. The molecule has 1 aliphatic rings. The molecule has 0 radical (unpaired) electrons. The Morgan fingerprint density at radius 2 is 1.48 bits per heavy atom. The largest absolute Gasteiger partial charge is 0.489 e. The van der Waals surface area contributed by atoms with Crippen molar-refractivity contribution >= 4 is 0 Å². The van der Waals surface area contributed by atoms with Crippen molar-refractivity contribution in [1.82, 2.24) is 10.2 Å². The highest BCUT2D eigenvalue weighted by molar-refractivity contribution is 5.43. The number of hydrogen-bond acceptors (Lipinski definition) is 3. The van der Waals surface area contributed by atoms with E-state index in [0.29, 0.717) is 6.61 Å². The first-order chi connectivity index (χ1) is 15.0. The van der Waals surface area contributed by atoms with Crippen molar-refractivity contribution in [1.29, 1.82) is 0 Å². The molecular weight excluding hydrogens is 401 g/mol. The lowest BCUT2D eigenvalue weighted by atomic mass is 9.94. The van der Waals surface area contributed by atoms with E-state index in [1.165, 1.54) is 0 Å². The molecule has 4 rings (SSSR count). The molecule has 1 heterocycles. The minimum Gasteiger partial charge on any atom is -0.489 e. The van der Waals surface area contributed by atoms with Crippen LogP contribution in [0.15, 0.2) is 78.9 Å². The second-order valence-electron chi connectivity index (χ2n) is 7.62. The van der Waals surface area contributed by atoms with Crippen molar-refractivity contribution < 1.29 is 17.9 Å². The molecule has 162 valence electrons. The molecule has 1 fully saturated rings. The third kappa shape index (κ3) is 5.27. The lowest BCUT2D eigenvalue weighted by Crippen LogP contribution is -2.45. The number of ether oxygens (including phenoxy) is 1. The van der Waals surface area contributed by atoms with Crippen molar-refractivity contribution in [3.63, 3.8) is 0 Å². The van der Waals surface area contributed by atoms with Gasteiger partial charge in [0, 0.05) is 31.7 Å². The van der Waals surface area contributed by atoms with Crippen molar-refractivity contribution in [3.05, 3.63) is 101 Å². The Labute approximate surface area is 180 Å². The zero-order valence-electron chi connectivity index (χ0n) is 17.1. The predicted octanol–water partition coefficient (Wildman–Crippen LogP) is 5.28. The van der Waals surface area contributed by atoms with Crippen LogP contribution >= 0.6 is 0 Å². The average molecular weight is 426 g/mol. The van der Waals surface area contributed by atoms with Gasteiger partial charge in [-0.25, -0.2) is 0 Å². The smallest absolute Gasteiger partial charge is 0.416 e. The molecule has 0 aliphatic carbocycles. The molecule has 0 spiro atoms. The summed E-state index contributed by atoms with van der Waals surface area (Å²) >= 11 is 0. The quantitative estimate of drug-likeness (QED) is 0.581. The van der Waals surface area contributed by atoms with Gasteiger partial charge in [-0.05, 0) is 29.3 Å². The summed E-state index contributed by atoms with van der Waals surface area (Å²) in [4.78, 5) is 2.30. The van der Waals surface area contributed by atoms with Gasteiger partial charge in [-0.2, -0.15) is 13.2 Å². The van der Waals surface area contributed by atoms with E-state index in [4.69, 9.17) is 4.74 Å². The monoisotopic (exact) mass is 426 g/mol. The minimum atomic E-state index is -4.35. The zero-order chi connectivity index (χ0) is 21.7. The zero-order valence-corrected chi connectivity index (χ0v) is 17.1. The Balaban J connectivity index is 1.67. The number of rotatable bonds is 6. The maximum atomic E-state index is 13.1. The van der Waals surface area contributed by atoms with Gasteiger partial charge in [0.15, 0.2) is 0 Å². The maximum absolute atomic E-state index is 13.1. The van der Waals surface area contributed by atoms with Crippen LogP contribution in [0.1, 0.15) is 28.3 Å². The molecule has 1 saturated heterocycles. The van der Waals surface area contributed by atoms with Crippen molar-refractivity contribution in [3.8, 4) is 5.75 Å². The van der Waals surface area contributed by atoms with Crippen LogP contribution in [0.3, 0.4) is 0 Å². The van der Waals surface area contributed by atoms with Crippen LogP contribution in [0.4, 0.5) is 13.2 Å². The molecule has 1 unspecified atom stereocenters. The van der Waals surface area contributed by atoms with Gasteiger partial charge >= 0.3 is 6.18 Å². The number of hydrogen-bond donors (Lipinski definition) is 1. The van der Waals surface area contributed by atoms with Crippen LogP contribution in [0.2, 0.25) is 0 Å². The third-order valence-corrected chi connectivity index (χ3v) is 5.52. The van der Waals surface area contributed by atoms with E-state index in [-0.39, 0.29) is 6.04 Å². The molecule has 6 heteroatoms. The summed E-state index contributed by atoms with van der Waals surface area (Å²) in [5, 5.41) is 3.34. The van der Waals surface area contributed by atoms with Gasteiger partial charge in [0.25, 0.3) is 0 Å².